The molecular weight excluding hydrogens is 154 g/mol. The van der Waals surface area contributed by atoms with Crippen molar-refractivity contribution in [3.05, 3.63) is 0 Å². The largest absolute Gasteiger partial charge is 0.338 e. The van der Waals surface area contributed by atoms with Crippen molar-refractivity contribution in [1.82, 2.24) is 15.5 Å². The Morgan fingerprint density at radius 1 is 1.33 bits per heavy atom. The van der Waals surface area contributed by atoms with Crippen LogP contribution in [0.4, 0.5) is 4.79 Å². The van der Waals surface area contributed by atoms with Crippen LogP contribution in [0.15, 0.2) is 0 Å². The summed E-state index contributed by atoms with van der Waals surface area (Å²) in [6, 6.07) is -0.0654. The SMILES string of the molecule is CCNC(=O)NCN1CCCC1. The van der Waals surface area contributed by atoms with Crippen molar-refractivity contribution in [2.24, 2.45) is 0 Å². The number of urea groups is 1. The predicted molar refractivity (Wildman–Crippen MR) is 47.9 cm³/mol. The number of hydrogen-bond acceptors (Lipinski definition) is 2. The van der Waals surface area contributed by atoms with Gasteiger partial charge < -0.3 is 10.6 Å². The number of rotatable bonds is 3. The number of amides is 2. The second-order valence-electron chi connectivity index (χ2n) is 3.02. The highest BCUT2D eigenvalue weighted by Crippen LogP contribution is 2.04. The molecule has 0 radical (unpaired) electrons. The van der Waals surface area contributed by atoms with E-state index in [-0.39, 0.29) is 6.03 Å². The minimum atomic E-state index is -0.0654. The molecule has 1 rings (SSSR count). The molecule has 0 bridgehead atoms. The maximum atomic E-state index is 11.0. The summed E-state index contributed by atoms with van der Waals surface area (Å²) < 4.78 is 0. The molecule has 1 aliphatic rings. The van der Waals surface area contributed by atoms with E-state index < -0.39 is 0 Å². The molecule has 1 heterocycles. The topological polar surface area (TPSA) is 44.4 Å². The summed E-state index contributed by atoms with van der Waals surface area (Å²) in [7, 11) is 0. The Balaban J connectivity index is 2.03. The lowest BCUT2D eigenvalue weighted by molar-refractivity contribution is 0.230. The van der Waals surface area contributed by atoms with E-state index in [2.05, 4.69) is 15.5 Å². The van der Waals surface area contributed by atoms with Gasteiger partial charge in [-0.3, -0.25) is 4.90 Å². The van der Waals surface area contributed by atoms with Gasteiger partial charge in [-0.2, -0.15) is 0 Å². The van der Waals surface area contributed by atoms with E-state index in [9.17, 15) is 4.79 Å². The first-order valence-electron chi connectivity index (χ1n) is 4.57. The van der Waals surface area contributed by atoms with E-state index >= 15 is 0 Å². The molecule has 1 fully saturated rings. The van der Waals surface area contributed by atoms with Gasteiger partial charge in [-0.15, -0.1) is 0 Å². The van der Waals surface area contributed by atoms with Crippen LogP contribution in [0, 0.1) is 0 Å². The quantitative estimate of drug-likeness (QED) is 0.644. The Labute approximate surface area is 73.3 Å². The van der Waals surface area contributed by atoms with Crippen molar-refractivity contribution in [1.29, 1.82) is 0 Å². The van der Waals surface area contributed by atoms with Gasteiger partial charge in [-0.05, 0) is 32.9 Å². The lowest BCUT2D eigenvalue weighted by Crippen LogP contribution is -2.41. The zero-order valence-corrected chi connectivity index (χ0v) is 7.60. The molecule has 0 unspecified atom stereocenters. The van der Waals surface area contributed by atoms with Gasteiger partial charge in [0.2, 0.25) is 0 Å². The number of likely N-dealkylation sites (tertiary alicyclic amines) is 1. The van der Waals surface area contributed by atoms with Gasteiger partial charge in [0.15, 0.2) is 0 Å². The average molecular weight is 171 g/mol. The molecule has 4 nitrogen and oxygen atoms in total. The summed E-state index contributed by atoms with van der Waals surface area (Å²) in [5.41, 5.74) is 0. The summed E-state index contributed by atoms with van der Waals surface area (Å²) in [5, 5.41) is 5.49. The summed E-state index contributed by atoms with van der Waals surface area (Å²) in [6.45, 7) is 5.52. The Kier molecular flexibility index (Phi) is 3.87. The number of nitrogens with zero attached hydrogens (tertiary/aromatic N) is 1. The van der Waals surface area contributed by atoms with Crippen LogP contribution in [0.25, 0.3) is 0 Å². The Bertz CT molecular complexity index is 143. The third-order valence-corrected chi connectivity index (χ3v) is 2.00. The van der Waals surface area contributed by atoms with Crippen LogP contribution in [0.1, 0.15) is 19.8 Å². The van der Waals surface area contributed by atoms with E-state index in [1.54, 1.807) is 0 Å². The van der Waals surface area contributed by atoms with E-state index in [1.807, 2.05) is 6.92 Å². The van der Waals surface area contributed by atoms with Crippen LogP contribution in [-0.2, 0) is 0 Å². The number of nitrogens with one attached hydrogen (secondary N) is 2. The fourth-order valence-electron chi connectivity index (χ4n) is 1.35. The van der Waals surface area contributed by atoms with E-state index in [4.69, 9.17) is 0 Å². The van der Waals surface area contributed by atoms with Crippen LogP contribution >= 0.6 is 0 Å². The third-order valence-electron chi connectivity index (χ3n) is 2.00. The number of hydrogen-bond donors (Lipinski definition) is 2. The maximum absolute atomic E-state index is 11.0. The summed E-state index contributed by atoms with van der Waals surface area (Å²) in [4.78, 5) is 13.2. The molecule has 0 aliphatic carbocycles. The van der Waals surface area contributed by atoms with Crippen molar-refractivity contribution >= 4 is 6.03 Å². The van der Waals surface area contributed by atoms with Crippen LogP contribution in [0.2, 0.25) is 0 Å². The molecule has 1 aliphatic heterocycles. The van der Waals surface area contributed by atoms with Crippen molar-refractivity contribution in [3.8, 4) is 0 Å². The molecule has 70 valence electrons. The average Bonchev–Trinajstić information content (AvgIpc) is 2.53. The second kappa shape index (κ2) is 4.98. The van der Waals surface area contributed by atoms with Crippen molar-refractivity contribution < 1.29 is 4.79 Å². The van der Waals surface area contributed by atoms with Crippen molar-refractivity contribution in [2.75, 3.05) is 26.3 Å². The summed E-state index contributed by atoms with van der Waals surface area (Å²) >= 11 is 0. The van der Waals surface area contributed by atoms with Gasteiger partial charge in [0.25, 0.3) is 0 Å². The van der Waals surface area contributed by atoms with Gasteiger partial charge in [0.05, 0.1) is 6.67 Å². The molecule has 0 aromatic carbocycles. The Morgan fingerprint density at radius 3 is 2.58 bits per heavy atom. The van der Waals surface area contributed by atoms with Crippen LogP contribution in [0.5, 0.6) is 0 Å². The number of carbonyl (C=O) groups excluding carboxylic acids is 1. The molecule has 0 aromatic rings. The third kappa shape index (κ3) is 3.09. The van der Waals surface area contributed by atoms with Gasteiger partial charge in [-0.1, -0.05) is 0 Å². The molecule has 0 atom stereocenters. The first kappa shape index (κ1) is 9.32. The van der Waals surface area contributed by atoms with Crippen molar-refractivity contribution in [2.45, 2.75) is 19.8 Å². The van der Waals surface area contributed by atoms with Gasteiger partial charge in [-0.25, -0.2) is 4.79 Å². The van der Waals surface area contributed by atoms with Gasteiger partial charge >= 0.3 is 6.03 Å². The number of carbonyl (C=O) groups is 1. The van der Waals surface area contributed by atoms with E-state index in [0.29, 0.717) is 13.2 Å². The fraction of sp³-hybridized carbons (Fsp3) is 0.875. The van der Waals surface area contributed by atoms with Gasteiger partial charge in [0.1, 0.15) is 0 Å². The molecule has 0 spiro atoms. The molecule has 0 aromatic heterocycles. The molecule has 0 saturated carbocycles. The predicted octanol–water partition coefficient (Wildman–Crippen LogP) is 0.359. The Hall–Kier alpha value is -0.770. The van der Waals surface area contributed by atoms with Crippen molar-refractivity contribution in [3.63, 3.8) is 0 Å². The van der Waals surface area contributed by atoms with Gasteiger partial charge in [0, 0.05) is 6.54 Å². The normalized spacial score (nSPS) is 17.8. The zero-order valence-electron chi connectivity index (χ0n) is 7.60. The first-order chi connectivity index (χ1) is 5.83. The van der Waals surface area contributed by atoms with E-state index in [0.717, 1.165) is 13.1 Å². The lowest BCUT2D eigenvalue weighted by atomic mass is 10.4. The molecule has 2 N–H and O–H groups in total. The van der Waals surface area contributed by atoms with Crippen LogP contribution in [0.3, 0.4) is 0 Å². The zero-order chi connectivity index (χ0) is 8.81. The van der Waals surface area contributed by atoms with E-state index in [1.165, 1.54) is 12.8 Å². The highest BCUT2D eigenvalue weighted by atomic mass is 16.2. The lowest BCUT2D eigenvalue weighted by Gasteiger charge is -2.15. The molecule has 1 saturated heterocycles. The molecule has 4 heteroatoms. The summed E-state index contributed by atoms with van der Waals surface area (Å²) in [6.07, 6.45) is 2.52. The highest BCUT2D eigenvalue weighted by molar-refractivity contribution is 5.73. The molecular formula is C8H17N3O. The standard InChI is InChI=1S/C8H17N3O/c1-2-9-8(12)10-7-11-5-3-4-6-11/h2-7H2,1H3,(H2,9,10,12). The van der Waals surface area contributed by atoms with Crippen LogP contribution in [-0.4, -0.2) is 37.2 Å². The second-order valence-corrected chi connectivity index (χ2v) is 3.02. The summed E-state index contributed by atoms with van der Waals surface area (Å²) in [5.74, 6) is 0. The monoisotopic (exact) mass is 171 g/mol. The minimum absolute atomic E-state index is 0.0654. The Morgan fingerprint density at radius 2 is 2.00 bits per heavy atom. The molecule has 12 heavy (non-hydrogen) atoms. The maximum Gasteiger partial charge on any atom is 0.315 e. The first-order valence-corrected chi connectivity index (χ1v) is 4.57. The fourth-order valence-corrected chi connectivity index (χ4v) is 1.35. The highest BCUT2D eigenvalue weighted by Gasteiger charge is 2.11. The minimum Gasteiger partial charge on any atom is -0.338 e. The smallest absolute Gasteiger partial charge is 0.315 e. The molecule has 2 amide bonds. The van der Waals surface area contributed by atoms with Crippen LogP contribution < -0.4 is 10.6 Å².